The van der Waals surface area contributed by atoms with E-state index >= 15 is 0 Å². The van der Waals surface area contributed by atoms with Crippen molar-refractivity contribution in [3.05, 3.63) is 46.8 Å². The van der Waals surface area contributed by atoms with Gasteiger partial charge < -0.3 is 5.32 Å². The van der Waals surface area contributed by atoms with Gasteiger partial charge in [-0.3, -0.25) is 18.8 Å². The lowest BCUT2D eigenvalue weighted by molar-refractivity contribution is -0.119. The molecule has 3 aromatic heterocycles. The molecular formula is C17H22ClN7O. The minimum Gasteiger partial charge on any atom is -0.322 e. The molecule has 0 aliphatic heterocycles. The number of carbonyl (C=O) groups is 1. The summed E-state index contributed by atoms with van der Waals surface area (Å²) in [5, 5.41) is 16.2. The maximum absolute atomic E-state index is 12.5. The molecule has 0 saturated carbocycles. The van der Waals surface area contributed by atoms with Crippen molar-refractivity contribution in [3.8, 4) is 0 Å². The van der Waals surface area contributed by atoms with Crippen LogP contribution in [0.2, 0.25) is 5.02 Å². The number of anilines is 1. The largest absolute Gasteiger partial charge is 0.322 e. The molecule has 0 aliphatic carbocycles. The van der Waals surface area contributed by atoms with Crippen molar-refractivity contribution >= 4 is 23.2 Å². The van der Waals surface area contributed by atoms with Crippen molar-refractivity contribution in [2.45, 2.75) is 46.8 Å². The second-order valence-electron chi connectivity index (χ2n) is 6.19. The summed E-state index contributed by atoms with van der Waals surface area (Å²) in [5.74, 6) is -0.178. The molecule has 0 aliphatic rings. The summed E-state index contributed by atoms with van der Waals surface area (Å²) in [6, 6.07) is -0.476. The van der Waals surface area contributed by atoms with E-state index in [4.69, 9.17) is 11.6 Å². The zero-order chi connectivity index (χ0) is 18.8. The molecule has 0 saturated heterocycles. The number of hydrogen-bond acceptors (Lipinski definition) is 4. The van der Waals surface area contributed by atoms with E-state index in [-0.39, 0.29) is 5.91 Å². The molecule has 3 rings (SSSR count). The van der Waals surface area contributed by atoms with Gasteiger partial charge in [0, 0.05) is 24.0 Å². The molecule has 1 unspecified atom stereocenters. The first-order valence-electron chi connectivity index (χ1n) is 8.45. The molecule has 0 bridgehead atoms. The fourth-order valence-corrected chi connectivity index (χ4v) is 2.93. The van der Waals surface area contributed by atoms with Crippen molar-refractivity contribution in [3.63, 3.8) is 0 Å². The van der Waals surface area contributed by atoms with Gasteiger partial charge in [-0.2, -0.15) is 15.3 Å². The number of amides is 1. The second kappa shape index (κ2) is 7.33. The number of carbonyl (C=O) groups excluding carboxylic acids is 1. The summed E-state index contributed by atoms with van der Waals surface area (Å²) in [4.78, 5) is 12.5. The first-order valence-corrected chi connectivity index (χ1v) is 8.82. The average Bonchev–Trinajstić information content (AvgIpc) is 3.30. The first-order chi connectivity index (χ1) is 12.4. The van der Waals surface area contributed by atoms with Gasteiger partial charge in [0.15, 0.2) is 0 Å². The minimum atomic E-state index is -0.476. The highest BCUT2D eigenvalue weighted by molar-refractivity contribution is 6.31. The van der Waals surface area contributed by atoms with Crippen molar-refractivity contribution in [2.75, 3.05) is 5.32 Å². The number of rotatable bonds is 6. The number of aromatic nitrogens is 6. The Morgan fingerprint density at radius 2 is 1.96 bits per heavy atom. The molecule has 3 aromatic rings. The van der Waals surface area contributed by atoms with Crippen LogP contribution in [0.5, 0.6) is 0 Å². The van der Waals surface area contributed by atoms with E-state index in [0.29, 0.717) is 17.3 Å². The molecule has 3 heterocycles. The maximum Gasteiger partial charge on any atom is 0.249 e. The number of nitrogens with zero attached hydrogens (tertiary/aromatic N) is 6. The molecule has 138 valence electrons. The van der Waals surface area contributed by atoms with Crippen molar-refractivity contribution in [1.29, 1.82) is 0 Å². The minimum absolute atomic E-state index is 0.178. The van der Waals surface area contributed by atoms with Gasteiger partial charge in [0.1, 0.15) is 6.04 Å². The van der Waals surface area contributed by atoms with Crippen LogP contribution in [0.1, 0.15) is 36.8 Å². The van der Waals surface area contributed by atoms with Gasteiger partial charge in [0.2, 0.25) is 5.91 Å². The lowest BCUT2D eigenvalue weighted by atomic mass is 10.2. The number of nitrogens with one attached hydrogen (secondary N) is 1. The Morgan fingerprint density at radius 3 is 2.58 bits per heavy atom. The summed E-state index contributed by atoms with van der Waals surface area (Å²) in [5.41, 5.74) is 3.61. The lowest BCUT2D eigenvalue weighted by Crippen LogP contribution is -2.25. The van der Waals surface area contributed by atoms with E-state index in [9.17, 15) is 4.79 Å². The van der Waals surface area contributed by atoms with Crippen LogP contribution in [0.15, 0.2) is 24.8 Å². The Hall–Kier alpha value is -2.61. The zero-order valence-corrected chi connectivity index (χ0v) is 16.0. The van der Waals surface area contributed by atoms with Crippen LogP contribution in [-0.4, -0.2) is 35.2 Å². The van der Waals surface area contributed by atoms with E-state index in [1.165, 1.54) is 6.20 Å². The monoisotopic (exact) mass is 375 g/mol. The van der Waals surface area contributed by atoms with Crippen LogP contribution in [0, 0.1) is 13.8 Å². The van der Waals surface area contributed by atoms with Crippen LogP contribution in [0.25, 0.3) is 0 Å². The zero-order valence-electron chi connectivity index (χ0n) is 15.3. The standard InChI is InChI=1S/C17H22ClN7O/c1-5-24-11(2)14(6-20-24)9-23-10-15(7-19-23)22-17(26)13(4)25-12(3)16(18)8-21-25/h6-8,10,13H,5,9H2,1-4H3,(H,22,26). The molecule has 0 fully saturated rings. The molecule has 1 atom stereocenters. The summed E-state index contributed by atoms with van der Waals surface area (Å²) in [6.45, 7) is 9.14. The third-order valence-corrected chi connectivity index (χ3v) is 4.84. The van der Waals surface area contributed by atoms with Crippen molar-refractivity contribution < 1.29 is 4.79 Å². The van der Waals surface area contributed by atoms with Crippen molar-refractivity contribution in [1.82, 2.24) is 29.3 Å². The topological polar surface area (TPSA) is 82.6 Å². The average molecular weight is 376 g/mol. The Bertz CT molecular complexity index is 924. The Kier molecular flexibility index (Phi) is 5.13. The van der Waals surface area contributed by atoms with Crippen LogP contribution < -0.4 is 5.32 Å². The van der Waals surface area contributed by atoms with Gasteiger partial charge >= 0.3 is 0 Å². The molecule has 0 spiro atoms. The van der Waals surface area contributed by atoms with Gasteiger partial charge in [0.05, 0.1) is 41.5 Å². The van der Waals surface area contributed by atoms with Gasteiger partial charge in [-0.1, -0.05) is 11.6 Å². The molecular weight excluding hydrogens is 354 g/mol. The number of halogens is 1. The Labute approximate surface area is 156 Å². The summed E-state index contributed by atoms with van der Waals surface area (Å²) in [7, 11) is 0. The smallest absolute Gasteiger partial charge is 0.249 e. The normalized spacial score (nSPS) is 12.3. The van der Waals surface area contributed by atoms with Crippen molar-refractivity contribution in [2.24, 2.45) is 0 Å². The predicted octanol–water partition coefficient (Wildman–Crippen LogP) is 2.81. The molecule has 1 amide bonds. The van der Waals surface area contributed by atoms with E-state index in [1.54, 1.807) is 28.7 Å². The fraction of sp³-hybridized carbons (Fsp3) is 0.412. The highest BCUT2D eigenvalue weighted by Gasteiger charge is 2.19. The molecule has 8 nitrogen and oxygen atoms in total. The van der Waals surface area contributed by atoms with Gasteiger partial charge in [-0.25, -0.2) is 0 Å². The third kappa shape index (κ3) is 3.50. The SMILES string of the molecule is CCn1ncc(Cn2cc(NC(=O)C(C)n3ncc(Cl)c3C)cn2)c1C. The maximum atomic E-state index is 12.5. The highest BCUT2D eigenvalue weighted by atomic mass is 35.5. The highest BCUT2D eigenvalue weighted by Crippen LogP contribution is 2.19. The molecule has 1 N–H and O–H groups in total. The molecule has 0 aromatic carbocycles. The van der Waals surface area contributed by atoms with E-state index in [1.807, 2.05) is 24.7 Å². The summed E-state index contributed by atoms with van der Waals surface area (Å²) in [6.07, 6.45) is 6.83. The van der Waals surface area contributed by atoms with Crippen LogP contribution in [0.4, 0.5) is 5.69 Å². The third-order valence-electron chi connectivity index (χ3n) is 4.47. The quantitative estimate of drug-likeness (QED) is 0.718. The molecule has 0 radical (unpaired) electrons. The number of hydrogen-bond donors (Lipinski definition) is 1. The Balaban J connectivity index is 1.67. The van der Waals surface area contributed by atoms with Crippen LogP contribution in [0.3, 0.4) is 0 Å². The Morgan fingerprint density at radius 1 is 1.19 bits per heavy atom. The first kappa shape index (κ1) is 18.2. The van der Waals surface area contributed by atoms with Gasteiger partial charge in [-0.05, 0) is 27.7 Å². The van der Waals surface area contributed by atoms with Crippen LogP contribution >= 0.6 is 11.6 Å². The number of aryl methyl sites for hydroxylation is 1. The van der Waals surface area contributed by atoms with E-state index in [2.05, 4.69) is 27.5 Å². The van der Waals surface area contributed by atoms with E-state index < -0.39 is 6.04 Å². The molecule has 9 heteroatoms. The fourth-order valence-electron chi connectivity index (χ4n) is 2.80. The van der Waals surface area contributed by atoms with Gasteiger partial charge in [-0.15, -0.1) is 0 Å². The molecule has 26 heavy (non-hydrogen) atoms. The summed E-state index contributed by atoms with van der Waals surface area (Å²) >= 11 is 6.01. The second-order valence-corrected chi connectivity index (χ2v) is 6.59. The summed E-state index contributed by atoms with van der Waals surface area (Å²) < 4.78 is 5.33. The lowest BCUT2D eigenvalue weighted by Gasteiger charge is -2.13. The van der Waals surface area contributed by atoms with Crippen LogP contribution in [-0.2, 0) is 17.9 Å². The predicted molar refractivity (Wildman–Crippen MR) is 99.3 cm³/mol. The van der Waals surface area contributed by atoms with E-state index in [0.717, 1.165) is 23.5 Å². The van der Waals surface area contributed by atoms with Gasteiger partial charge in [0.25, 0.3) is 0 Å².